The van der Waals surface area contributed by atoms with Gasteiger partial charge >= 0.3 is 12.2 Å². The van der Waals surface area contributed by atoms with Gasteiger partial charge in [0.2, 0.25) is 11.8 Å². The van der Waals surface area contributed by atoms with Crippen LogP contribution in [0.1, 0.15) is 77.0 Å². The van der Waals surface area contributed by atoms with Gasteiger partial charge in [-0.25, -0.2) is 19.6 Å². The van der Waals surface area contributed by atoms with E-state index in [-0.39, 0.29) is 35.7 Å². The van der Waals surface area contributed by atoms with Crippen LogP contribution in [0.2, 0.25) is 0 Å². The number of methoxy groups -OCH3 is 2. The number of aromatic amines is 2. The van der Waals surface area contributed by atoms with Gasteiger partial charge in [0.1, 0.15) is 29.5 Å². The normalized spacial score (nSPS) is 18.4. The number of carbonyl (C=O) groups excluding carboxylic acids is 4. The Bertz CT molecular complexity index is 2400. The Hall–Kier alpha value is -6.32. The zero-order chi connectivity index (χ0) is 41.5. The van der Waals surface area contributed by atoms with Crippen molar-refractivity contribution in [1.29, 1.82) is 0 Å². The number of nitrogens with zero attached hydrogens (tertiary/aromatic N) is 5. The number of nitrogens with one attached hydrogen (secondary N) is 4. The van der Waals surface area contributed by atoms with Gasteiger partial charge in [-0.05, 0) is 73.9 Å². The summed E-state index contributed by atoms with van der Waals surface area (Å²) in [7, 11) is 2.58. The van der Waals surface area contributed by atoms with Crippen LogP contribution in [0.25, 0.3) is 44.8 Å². The minimum Gasteiger partial charge on any atom is -0.472 e. The Morgan fingerprint density at radius 3 is 2.08 bits per heavy atom. The molecule has 5 aromatic rings. The molecule has 3 aliphatic heterocycles. The van der Waals surface area contributed by atoms with Gasteiger partial charge < -0.3 is 49.2 Å². The van der Waals surface area contributed by atoms with E-state index in [1.807, 2.05) is 50.8 Å². The predicted molar refractivity (Wildman–Crippen MR) is 219 cm³/mol. The molecule has 0 spiro atoms. The molecule has 0 bridgehead atoms. The van der Waals surface area contributed by atoms with Crippen LogP contribution in [0.5, 0.6) is 5.75 Å². The van der Waals surface area contributed by atoms with E-state index >= 15 is 0 Å². The lowest BCUT2D eigenvalue weighted by Crippen LogP contribution is -2.51. The second-order valence-electron chi connectivity index (χ2n) is 16.2. The van der Waals surface area contributed by atoms with Gasteiger partial charge in [0.15, 0.2) is 6.73 Å². The Morgan fingerprint density at radius 2 is 1.42 bits per heavy atom. The second kappa shape index (κ2) is 16.1. The van der Waals surface area contributed by atoms with Crippen LogP contribution in [-0.2, 0) is 25.8 Å². The molecular weight excluding hydrogens is 755 g/mol. The smallest absolute Gasteiger partial charge is 0.407 e. The summed E-state index contributed by atoms with van der Waals surface area (Å²) in [4.78, 5) is 71.3. The van der Waals surface area contributed by atoms with Crippen molar-refractivity contribution in [1.82, 2.24) is 44.9 Å². The highest BCUT2D eigenvalue weighted by Gasteiger charge is 2.39. The number of amides is 4. The SMILES string of the molecule is COC(=O)N[C@H](C(=O)N1CCC[C@H]1c1cnc(-c2ccc3c(c2)cc2n3COc3cc(-c4cnc([C@@H]5CCCN5C(=O)[C@@H](NC(=O)OC)C(C)C)[nH]4)ccc3-2)[nH]1)C(C)C. The average Bonchev–Trinajstić information content (AvgIpc) is 4.09. The molecule has 2 aromatic carbocycles. The van der Waals surface area contributed by atoms with Crippen LogP contribution >= 0.6 is 0 Å². The number of hydrogen-bond acceptors (Lipinski definition) is 9. The quantitative estimate of drug-likeness (QED) is 0.122. The third-order valence-electron chi connectivity index (χ3n) is 11.8. The fourth-order valence-electron chi connectivity index (χ4n) is 8.66. The molecule has 0 saturated carbocycles. The molecule has 0 unspecified atom stereocenters. The van der Waals surface area contributed by atoms with Crippen LogP contribution in [0.3, 0.4) is 0 Å². The van der Waals surface area contributed by atoms with Crippen LogP contribution in [0.15, 0.2) is 54.9 Å². The fourth-order valence-corrected chi connectivity index (χ4v) is 8.66. The number of imidazole rings is 2. The van der Waals surface area contributed by atoms with E-state index in [9.17, 15) is 19.2 Å². The highest BCUT2D eigenvalue weighted by Crippen LogP contribution is 2.42. The monoisotopic (exact) mass is 805 g/mol. The first-order valence-electron chi connectivity index (χ1n) is 20.3. The first kappa shape index (κ1) is 39.5. The summed E-state index contributed by atoms with van der Waals surface area (Å²) in [5.41, 5.74) is 6.54. The van der Waals surface area contributed by atoms with E-state index < -0.39 is 24.3 Å². The van der Waals surface area contributed by atoms with Gasteiger partial charge in [-0.1, -0.05) is 33.8 Å². The summed E-state index contributed by atoms with van der Waals surface area (Å²) in [5.74, 6) is 1.65. The Labute approximate surface area is 342 Å². The number of ether oxygens (including phenoxy) is 3. The highest BCUT2D eigenvalue weighted by molar-refractivity contribution is 5.92. The van der Waals surface area contributed by atoms with Crippen LogP contribution in [0, 0.1) is 11.8 Å². The third-order valence-corrected chi connectivity index (χ3v) is 11.8. The van der Waals surface area contributed by atoms with Crippen molar-refractivity contribution < 1.29 is 33.4 Å². The van der Waals surface area contributed by atoms with E-state index in [1.165, 1.54) is 14.2 Å². The number of carbonyl (C=O) groups is 4. The maximum atomic E-state index is 13.6. The number of hydrogen-bond donors (Lipinski definition) is 4. The molecule has 16 heteroatoms. The zero-order valence-corrected chi connectivity index (χ0v) is 34.2. The molecule has 2 fully saturated rings. The zero-order valence-electron chi connectivity index (χ0n) is 34.2. The third kappa shape index (κ3) is 7.47. The highest BCUT2D eigenvalue weighted by atomic mass is 16.5. The van der Waals surface area contributed by atoms with E-state index in [2.05, 4.69) is 49.4 Å². The molecule has 59 heavy (non-hydrogen) atoms. The number of fused-ring (bicyclic) bond motifs is 5. The minimum atomic E-state index is -0.704. The summed E-state index contributed by atoms with van der Waals surface area (Å²) >= 11 is 0. The van der Waals surface area contributed by atoms with Crippen LogP contribution < -0.4 is 15.4 Å². The van der Waals surface area contributed by atoms with Crippen molar-refractivity contribution in [2.75, 3.05) is 27.3 Å². The Morgan fingerprint density at radius 1 is 0.780 bits per heavy atom. The molecular formula is C43H51N9O7. The molecule has 0 radical (unpaired) electrons. The van der Waals surface area contributed by atoms with Crippen molar-refractivity contribution in [3.8, 4) is 39.7 Å². The molecule has 3 aliphatic rings. The summed E-state index contributed by atoms with van der Waals surface area (Å²) in [6, 6.07) is 12.7. The van der Waals surface area contributed by atoms with E-state index in [0.29, 0.717) is 31.5 Å². The summed E-state index contributed by atoms with van der Waals surface area (Å²) in [5, 5.41) is 6.45. The standard InChI is InChI=1S/C43H51N9O7/c1-23(2)36(48-42(55)57-5)40(53)50-15-7-9-32(50)30-21-44-38(47-30)26-12-14-31-27(17-26)18-34-28-13-11-25(19-35(28)59-22-52(31)34)29-20-45-39(46-29)33-10-8-16-51(33)41(54)37(24(3)4)49-43(56)58-6/h11-14,17-21,23-24,32-33,36-37H,7-10,15-16,22H2,1-6H3,(H,44,47)(H,45,46)(H,48,55)(H,49,56)/t32-,33-,36-,37-/m0/s1. The topological polar surface area (TPSA) is 189 Å². The Balaban J connectivity index is 0.993. The molecule has 6 heterocycles. The lowest BCUT2D eigenvalue weighted by atomic mass is 10.0. The van der Waals surface area contributed by atoms with Crippen LogP contribution in [0.4, 0.5) is 9.59 Å². The number of benzene rings is 2. The van der Waals surface area contributed by atoms with Gasteiger partial charge in [0.05, 0.1) is 61.3 Å². The predicted octanol–water partition coefficient (Wildman–Crippen LogP) is 6.53. The second-order valence-corrected chi connectivity index (χ2v) is 16.2. The number of aromatic nitrogens is 5. The molecule has 8 rings (SSSR count). The first-order valence-corrected chi connectivity index (χ1v) is 20.3. The maximum absolute atomic E-state index is 13.6. The minimum absolute atomic E-state index is 0.110. The molecule has 2 saturated heterocycles. The van der Waals surface area contributed by atoms with Crippen molar-refractivity contribution in [3.63, 3.8) is 0 Å². The summed E-state index contributed by atoms with van der Waals surface area (Å²) < 4.78 is 18.0. The van der Waals surface area contributed by atoms with E-state index in [0.717, 1.165) is 76.1 Å². The van der Waals surface area contributed by atoms with Gasteiger partial charge in [-0.2, -0.15) is 0 Å². The van der Waals surface area contributed by atoms with Crippen molar-refractivity contribution in [2.45, 2.75) is 84.3 Å². The van der Waals surface area contributed by atoms with Gasteiger partial charge in [-0.3, -0.25) is 9.59 Å². The van der Waals surface area contributed by atoms with Crippen LogP contribution in [-0.4, -0.2) is 97.7 Å². The van der Waals surface area contributed by atoms with Gasteiger partial charge in [0.25, 0.3) is 0 Å². The molecule has 16 nitrogen and oxygen atoms in total. The lowest BCUT2D eigenvalue weighted by molar-refractivity contribution is -0.136. The van der Waals surface area contributed by atoms with E-state index in [1.54, 1.807) is 17.3 Å². The molecule has 0 aliphatic carbocycles. The number of H-pyrrole nitrogens is 2. The number of alkyl carbamates (subject to hydrolysis) is 2. The van der Waals surface area contributed by atoms with Gasteiger partial charge in [-0.15, -0.1) is 0 Å². The van der Waals surface area contributed by atoms with Crippen molar-refractivity contribution in [2.24, 2.45) is 11.8 Å². The van der Waals surface area contributed by atoms with Gasteiger partial charge in [0, 0.05) is 35.2 Å². The molecule has 3 aromatic heterocycles. The fraction of sp³-hybridized carbons (Fsp3) is 0.442. The summed E-state index contributed by atoms with van der Waals surface area (Å²) in [6.45, 7) is 9.13. The number of likely N-dealkylation sites (tertiary alicyclic amines) is 2. The first-order chi connectivity index (χ1) is 28.4. The van der Waals surface area contributed by atoms with Crippen molar-refractivity contribution in [3.05, 3.63) is 66.4 Å². The molecule has 4 amide bonds. The molecule has 4 atom stereocenters. The number of rotatable bonds is 10. The summed E-state index contributed by atoms with van der Waals surface area (Å²) in [6.07, 6.45) is 5.58. The van der Waals surface area contributed by atoms with Crippen molar-refractivity contribution >= 4 is 34.9 Å². The average molecular weight is 806 g/mol. The largest absolute Gasteiger partial charge is 0.472 e. The lowest BCUT2D eigenvalue weighted by Gasteiger charge is -2.30. The van der Waals surface area contributed by atoms with E-state index in [4.69, 9.17) is 24.2 Å². The Kier molecular flexibility index (Phi) is 10.8. The molecule has 4 N–H and O–H groups in total. The maximum Gasteiger partial charge on any atom is 0.407 e. The molecule has 310 valence electrons.